The normalized spacial score (nSPS) is 14.8. The molecule has 0 saturated carbocycles. The number of rotatable bonds is 0. The molecule has 0 bridgehead atoms. The Bertz CT molecular complexity index is 1430. The first kappa shape index (κ1) is 16.4. The minimum Gasteiger partial charge on any atom is -0.144 e. The third kappa shape index (κ3) is 1.96. The summed E-state index contributed by atoms with van der Waals surface area (Å²) in [4.78, 5) is 0. The van der Waals surface area contributed by atoms with Crippen LogP contribution in [0.3, 0.4) is 0 Å². The Morgan fingerprint density at radius 3 is 1.83 bits per heavy atom. The fourth-order valence-corrected chi connectivity index (χ4v) is 6.31. The second kappa shape index (κ2) is 5.81. The van der Waals surface area contributed by atoms with Gasteiger partial charge in [-0.2, -0.15) is 0 Å². The molecular formula is C29H18S. The minimum atomic E-state index is -0.278. The van der Waals surface area contributed by atoms with Crippen LogP contribution >= 0.6 is 11.3 Å². The van der Waals surface area contributed by atoms with Gasteiger partial charge >= 0.3 is 0 Å². The van der Waals surface area contributed by atoms with Crippen molar-refractivity contribution < 1.29 is 0 Å². The van der Waals surface area contributed by atoms with Crippen molar-refractivity contribution in [2.45, 2.75) is 5.41 Å². The van der Waals surface area contributed by atoms with Crippen LogP contribution in [0.4, 0.5) is 0 Å². The SMILES string of the molecule is C1=CC2(c3cc4sccc4cc31)c1ccccc1-c1ccccc1-c1ccccc12. The number of fused-ring (bicyclic) bond motifs is 10. The summed E-state index contributed by atoms with van der Waals surface area (Å²) < 4.78 is 1.36. The lowest BCUT2D eigenvalue weighted by Gasteiger charge is -2.32. The Hall–Kier alpha value is -3.42. The summed E-state index contributed by atoms with van der Waals surface area (Å²) in [7, 11) is 0. The number of hydrogen-bond donors (Lipinski definition) is 0. The third-order valence-corrected chi connectivity index (χ3v) is 7.65. The fourth-order valence-electron chi connectivity index (χ4n) is 5.50. The lowest BCUT2D eigenvalue weighted by molar-refractivity contribution is 0.803. The monoisotopic (exact) mass is 398 g/mol. The van der Waals surface area contributed by atoms with Crippen LogP contribution in [0, 0.1) is 0 Å². The van der Waals surface area contributed by atoms with Gasteiger partial charge in [-0.25, -0.2) is 0 Å². The van der Waals surface area contributed by atoms with Gasteiger partial charge in [0.05, 0.1) is 5.41 Å². The van der Waals surface area contributed by atoms with Crippen LogP contribution in [0.25, 0.3) is 38.4 Å². The van der Waals surface area contributed by atoms with E-state index in [1.165, 1.54) is 54.6 Å². The van der Waals surface area contributed by atoms with Crippen LogP contribution in [0.5, 0.6) is 0 Å². The van der Waals surface area contributed by atoms with Crippen molar-refractivity contribution in [3.63, 3.8) is 0 Å². The van der Waals surface area contributed by atoms with E-state index in [4.69, 9.17) is 0 Å². The number of hydrogen-bond acceptors (Lipinski definition) is 1. The van der Waals surface area contributed by atoms with Crippen LogP contribution in [-0.2, 0) is 5.41 Å². The zero-order valence-corrected chi connectivity index (χ0v) is 17.1. The summed E-state index contributed by atoms with van der Waals surface area (Å²) in [6.07, 6.45) is 4.76. The van der Waals surface area contributed by atoms with Gasteiger partial charge in [0, 0.05) is 4.70 Å². The standard InChI is InChI=1S/C29H18S/c1-2-8-22-21(7-1)23-9-3-5-11-25(23)29(26-12-6-4-10-24(22)26)15-13-19-17-20-14-16-30-28(20)18-27(19)29/h1-18H. The molecule has 0 saturated heterocycles. The zero-order chi connectivity index (χ0) is 19.7. The van der Waals surface area contributed by atoms with Crippen molar-refractivity contribution in [1.82, 2.24) is 0 Å². The summed E-state index contributed by atoms with van der Waals surface area (Å²) in [5.74, 6) is 0. The molecule has 0 nitrogen and oxygen atoms in total. The van der Waals surface area contributed by atoms with Crippen molar-refractivity contribution in [3.8, 4) is 22.3 Å². The molecule has 0 aliphatic heterocycles. The van der Waals surface area contributed by atoms with Crippen LogP contribution in [0.15, 0.2) is 102 Å². The maximum Gasteiger partial charge on any atom is 0.0653 e. The summed E-state index contributed by atoms with van der Waals surface area (Å²) in [6.45, 7) is 0. The Labute approximate surface area is 179 Å². The van der Waals surface area contributed by atoms with E-state index >= 15 is 0 Å². The van der Waals surface area contributed by atoms with Crippen molar-refractivity contribution in [3.05, 3.63) is 125 Å². The van der Waals surface area contributed by atoms with E-state index in [9.17, 15) is 0 Å². The molecule has 7 rings (SSSR count). The molecule has 2 aliphatic rings. The molecule has 1 heteroatoms. The molecule has 0 N–H and O–H groups in total. The number of allylic oxidation sites excluding steroid dienone is 1. The molecule has 1 heterocycles. The second-order valence-electron chi connectivity index (χ2n) is 8.18. The van der Waals surface area contributed by atoms with E-state index in [-0.39, 0.29) is 5.41 Å². The van der Waals surface area contributed by atoms with Crippen LogP contribution in [-0.4, -0.2) is 0 Å². The summed E-state index contributed by atoms with van der Waals surface area (Å²) in [6, 6.07) is 33.8. The maximum atomic E-state index is 2.44. The van der Waals surface area contributed by atoms with E-state index in [2.05, 4.69) is 109 Å². The molecule has 0 unspecified atom stereocenters. The first-order valence-electron chi connectivity index (χ1n) is 10.4. The smallest absolute Gasteiger partial charge is 0.0653 e. The molecule has 4 aromatic carbocycles. The van der Waals surface area contributed by atoms with Crippen LogP contribution < -0.4 is 0 Å². The predicted molar refractivity (Wildman–Crippen MR) is 128 cm³/mol. The largest absolute Gasteiger partial charge is 0.144 e. The van der Waals surface area contributed by atoms with E-state index in [0.717, 1.165) is 0 Å². The first-order chi connectivity index (χ1) is 14.9. The van der Waals surface area contributed by atoms with Gasteiger partial charge in [0.1, 0.15) is 0 Å². The van der Waals surface area contributed by atoms with E-state index < -0.39 is 0 Å². The van der Waals surface area contributed by atoms with Gasteiger partial charge in [-0.1, -0.05) is 84.9 Å². The van der Waals surface area contributed by atoms with Gasteiger partial charge in [-0.15, -0.1) is 11.3 Å². The van der Waals surface area contributed by atoms with E-state index in [1.54, 1.807) is 0 Å². The Morgan fingerprint density at radius 2 is 1.17 bits per heavy atom. The average molecular weight is 399 g/mol. The van der Waals surface area contributed by atoms with Crippen LogP contribution in [0.1, 0.15) is 22.3 Å². The van der Waals surface area contributed by atoms with Crippen molar-refractivity contribution in [1.29, 1.82) is 0 Å². The highest BCUT2D eigenvalue weighted by Gasteiger charge is 2.43. The van der Waals surface area contributed by atoms with Crippen molar-refractivity contribution in [2.24, 2.45) is 0 Å². The Kier molecular flexibility index (Phi) is 3.17. The van der Waals surface area contributed by atoms with E-state index in [1.807, 2.05) is 11.3 Å². The number of thiophene rings is 1. The van der Waals surface area contributed by atoms with Gasteiger partial charge in [0.2, 0.25) is 0 Å². The summed E-state index contributed by atoms with van der Waals surface area (Å²) in [5.41, 5.74) is 10.5. The van der Waals surface area contributed by atoms with Gasteiger partial charge < -0.3 is 0 Å². The molecule has 0 fully saturated rings. The number of benzene rings is 4. The molecule has 0 atom stereocenters. The summed E-state index contributed by atoms with van der Waals surface area (Å²) in [5, 5.41) is 3.53. The quantitative estimate of drug-likeness (QED) is 0.249. The Morgan fingerprint density at radius 1 is 0.567 bits per heavy atom. The van der Waals surface area contributed by atoms with Gasteiger partial charge in [0.25, 0.3) is 0 Å². The molecule has 0 radical (unpaired) electrons. The predicted octanol–water partition coefficient (Wildman–Crippen LogP) is 7.91. The van der Waals surface area contributed by atoms with E-state index in [0.29, 0.717) is 0 Å². The molecule has 1 spiro atoms. The highest BCUT2D eigenvalue weighted by molar-refractivity contribution is 7.17. The molecule has 0 amide bonds. The van der Waals surface area contributed by atoms with Crippen molar-refractivity contribution in [2.75, 3.05) is 0 Å². The molecule has 30 heavy (non-hydrogen) atoms. The molecule has 1 aromatic heterocycles. The summed E-state index contributed by atoms with van der Waals surface area (Å²) >= 11 is 1.83. The topological polar surface area (TPSA) is 0 Å². The van der Waals surface area contributed by atoms with Gasteiger partial charge in [-0.05, 0) is 73.5 Å². The lowest BCUT2D eigenvalue weighted by atomic mass is 9.69. The average Bonchev–Trinajstić information content (AvgIpc) is 3.39. The zero-order valence-electron chi connectivity index (χ0n) is 16.3. The Balaban J connectivity index is 1.70. The van der Waals surface area contributed by atoms with Crippen LogP contribution in [0.2, 0.25) is 0 Å². The molecule has 140 valence electrons. The van der Waals surface area contributed by atoms with Crippen molar-refractivity contribution >= 4 is 27.5 Å². The molecule has 5 aromatic rings. The maximum absolute atomic E-state index is 2.44. The molecule has 2 aliphatic carbocycles. The van der Waals surface area contributed by atoms with Gasteiger partial charge in [-0.3, -0.25) is 0 Å². The lowest BCUT2D eigenvalue weighted by Crippen LogP contribution is -2.26. The molecular weight excluding hydrogens is 380 g/mol. The second-order valence-corrected chi connectivity index (χ2v) is 9.12. The highest BCUT2D eigenvalue weighted by atomic mass is 32.1. The van der Waals surface area contributed by atoms with Gasteiger partial charge in [0.15, 0.2) is 0 Å². The first-order valence-corrected chi connectivity index (χ1v) is 11.2. The highest BCUT2D eigenvalue weighted by Crippen LogP contribution is 2.55. The minimum absolute atomic E-state index is 0.278. The third-order valence-electron chi connectivity index (χ3n) is 6.77. The fraction of sp³-hybridized carbons (Fsp3) is 0.0345.